The van der Waals surface area contributed by atoms with Gasteiger partial charge in [0.15, 0.2) is 5.78 Å². The molecule has 1 aliphatic rings. The predicted molar refractivity (Wildman–Crippen MR) is 86.0 cm³/mol. The SMILES string of the molecule is CC[15NH]C(C)(C)C(=O)C(C)(C)CN1C(C)CCCC1C. The first-order valence-corrected chi connectivity index (χ1v) is 8.17. The van der Waals surface area contributed by atoms with Crippen LogP contribution in [0.4, 0.5) is 0 Å². The van der Waals surface area contributed by atoms with Crippen LogP contribution in [0.1, 0.15) is 67.7 Å². The van der Waals surface area contributed by atoms with Crippen LogP contribution in [0, 0.1) is 5.41 Å². The van der Waals surface area contributed by atoms with Crippen molar-refractivity contribution in [2.24, 2.45) is 5.41 Å². The van der Waals surface area contributed by atoms with Crippen LogP contribution in [0.15, 0.2) is 0 Å². The molecule has 1 heterocycles. The van der Waals surface area contributed by atoms with Gasteiger partial charge in [0, 0.05) is 24.0 Å². The average Bonchev–Trinajstić information content (AvgIpc) is 2.33. The first-order valence-electron chi connectivity index (χ1n) is 8.17. The van der Waals surface area contributed by atoms with Crippen molar-refractivity contribution in [1.82, 2.24) is 10.2 Å². The van der Waals surface area contributed by atoms with E-state index in [1.807, 2.05) is 13.8 Å². The molecule has 118 valence electrons. The van der Waals surface area contributed by atoms with Crippen molar-refractivity contribution < 1.29 is 4.79 Å². The van der Waals surface area contributed by atoms with E-state index >= 15 is 0 Å². The maximum Gasteiger partial charge on any atom is 0.159 e. The van der Waals surface area contributed by atoms with Crippen molar-refractivity contribution in [2.45, 2.75) is 85.4 Å². The molecule has 1 rings (SSSR count). The van der Waals surface area contributed by atoms with Crippen molar-refractivity contribution in [1.29, 1.82) is 0 Å². The molecule has 2 unspecified atom stereocenters. The molecule has 0 saturated carbocycles. The van der Waals surface area contributed by atoms with Crippen LogP contribution in [0.2, 0.25) is 0 Å². The van der Waals surface area contributed by atoms with Crippen LogP contribution in [0.5, 0.6) is 0 Å². The number of likely N-dealkylation sites (tertiary alicyclic amines) is 1. The Morgan fingerprint density at radius 3 is 2.10 bits per heavy atom. The van der Waals surface area contributed by atoms with Gasteiger partial charge in [-0.3, -0.25) is 9.69 Å². The van der Waals surface area contributed by atoms with Gasteiger partial charge in [0.05, 0.1) is 5.54 Å². The lowest BCUT2D eigenvalue weighted by Crippen LogP contribution is -2.57. The van der Waals surface area contributed by atoms with E-state index in [0.29, 0.717) is 17.9 Å². The van der Waals surface area contributed by atoms with E-state index in [9.17, 15) is 4.79 Å². The van der Waals surface area contributed by atoms with Crippen LogP contribution in [-0.4, -0.2) is 41.4 Å². The number of carbonyl (C=O) groups excluding carboxylic acids is 1. The van der Waals surface area contributed by atoms with Crippen molar-refractivity contribution in [2.75, 3.05) is 13.1 Å². The van der Waals surface area contributed by atoms with Crippen LogP contribution >= 0.6 is 0 Å². The quantitative estimate of drug-likeness (QED) is 0.760. The molecule has 3 heteroatoms. The number of hydrogen-bond donors (Lipinski definition) is 1. The van der Waals surface area contributed by atoms with Gasteiger partial charge in [0.25, 0.3) is 0 Å². The minimum absolute atomic E-state index is 0.314. The Morgan fingerprint density at radius 1 is 1.15 bits per heavy atom. The average molecular weight is 283 g/mol. The first-order chi connectivity index (χ1) is 9.12. The van der Waals surface area contributed by atoms with E-state index in [0.717, 1.165) is 13.1 Å². The molecule has 20 heavy (non-hydrogen) atoms. The molecule has 1 aliphatic heterocycles. The van der Waals surface area contributed by atoms with Gasteiger partial charge in [-0.1, -0.05) is 27.2 Å². The zero-order chi connectivity index (χ0) is 15.6. The van der Waals surface area contributed by atoms with Crippen molar-refractivity contribution in [3.8, 4) is 0 Å². The molecule has 0 aromatic carbocycles. The van der Waals surface area contributed by atoms with E-state index in [1.165, 1.54) is 19.3 Å². The lowest BCUT2D eigenvalue weighted by Gasteiger charge is -2.44. The summed E-state index contributed by atoms with van der Waals surface area (Å²) in [6.07, 6.45) is 3.83. The maximum atomic E-state index is 12.9. The van der Waals surface area contributed by atoms with E-state index < -0.39 is 5.54 Å². The van der Waals surface area contributed by atoms with Gasteiger partial charge in [-0.05, 0) is 47.1 Å². The number of rotatable bonds is 6. The molecule has 0 bridgehead atoms. The van der Waals surface area contributed by atoms with Gasteiger partial charge >= 0.3 is 0 Å². The monoisotopic (exact) mass is 283 g/mol. The fourth-order valence-corrected chi connectivity index (χ4v) is 3.68. The fourth-order valence-electron chi connectivity index (χ4n) is 3.68. The summed E-state index contributed by atoms with van der Waals surface area (Å²) in [5, 5.41) is 3.32. The normalized spacial score (nSPS) is 25.8. The fraction of sp³-hybridized carbons (Fsp3) is 0.941. The zero-order valence-corrected chi connectivity index (χ0v) is 14.5. The van der Waals surface area contributed by atoms with Gasteiger partial charge in [0.1, 0.15) is 0 Å². The molecular formula is C17H34N2O. The summed E-state index contributed by atoms with van der Waals surface area (Å²) in [6, 6.07) is 1.18. The standard InChI is InChI=1S/C17H34N2O/c1-8-18-17(6,7)15(20)16(4,5)12-19-13(2)10-9-11-14(19)3/h13-14,18H,8-12H2,1-7H3/i18+1. The van der Waals surface area contributed by atoms with Gasteiger partial charge in [0.2, 0.25) is 0 Å². The highest BCUT2D eigenvalue weighted by Gasteiger charge is 2.41. The number of Topliss-reactive ketones (excluding diaryl/α,β-unsaturated/α-hetero) is 1. The highest BCUT2D eigenvalue weighted by Crippen LogP contribution is 2.30. The predicted octanol–water partition coefficient (Wildman–Crippen LogP) is 3.23. The Balaban J connectivity index is 2.80. The molecule has 0 amide bonds. The summed E-state index contributed by atoms with van der Waals surface area (Å²) < 4.78 is 0. The van der Waals surface area contributed by atoms with Crippen molar-refractivity contribution in [3.05, 3.63) is 0 Å². The molecule has 2 atom stereocenters. The summed E-state index contributed by atoms with van der Waals surface area (Å²) in [5.41, 5.74) is -0.758. The third kappa shape index (κ3) is 4.05. The van der Waals surface area contributed by atoms with E-state index in [1.54, 1.807) is 0 Å². The minimum Gasteiger partial charge on any atom is -0.306 e. The molecule has 0 aromatic rings. The maximum absolute atomic E-state index is 12.9. The third-order valence-corrected chi connectivity index (χ3v) is 4.76. The molecule has 0 spiro atoms. The second-order valence-electron chi connectivity index (χ2n) is 7.67. The summed E-state index contributed by atoms with van der Waals surface area (Å²) in [5.74, 6) is 0.317. The molecule has 0 aliphatic carbocycles. The Morgan fingerprint density at radius 2 is 1.65 bits per heavy atom. The number of piperidine rings is 1. The number of nitrogens with zero attached hydrogens (tertiary/aromatic N) is 1. The highest BCUT2D eigenvalue weighted by molar-refractivity contribution is 5.92. The Hall–Kier alpha value is -0.410. The lowest BCUT2D eigenvalue weighted by atomic mass is 9.78. The first kappa shape index (κ1) is 17.6. The summed E-state index contributed by atoms with van der Waals surface area (Å²) in [7, 11) is 0. The largest absolute Gasteiger partial charge is 0.306 e. The molecule has 3 nitrogen and oxygen atoms in total. The van der Waals surface area contributed by atoms with E-state index in [2.05, 4.69) is 44.8 Å². The molecular weight excluding hydrogens is 249 g/mol. The summed E-state index contributed by atoms with van der Waals surface area (Å²) >= 11 is 0. The van der Waals surface area contributed by atoms with Gasteiger partial charge < -0.3 is 5.32 Å². The molecule has 0 radical (unpaired) electrons. The molecule has 0 aromatic heterocycles. The Kier molecular flexibility index (Phi) is 5.79. The van der Waals surface area contributed by atoms with Crippen LogP contribution < -0.4 is 5.32 Å². The Labute approximate surface area is 125 Å². The number of hydrogen-bond acceptors (Lipinski definition) is 3. The summed E-state index contributed by atoms with van der Waals surface area (Å²) in [6.45, 7) is 16.5. The van der Waals surface area contributed by atoms with E-state index in [-0.39, 0.29) is 5.41 Å². The van der Waals surface area contributed by atoms with Gasteiger partial charge in [-0.25, -0.2) is 0 Å². The van der Waals surface area contributed by atoms with Crippen LogP contribution in [-0.2, 0) is 4.79 Å². The van der Waals surface area contributed by atoms with Crippen molar-refractivity contribution in [3.63, 3.8) is 0 Å². The minimum atomic E-state index is -0.444. The third-order valence-electron chi connectivity index (χ3n) is 4.76. The van der Waals surface area contributed by atoms with Crippen LogP contribution in [0.25, 0.3) is 0 Å². The van der Waals surface area contributed by atoms with Crippen molar-refractivity contribution >= 4 is 5.78 Å². The molecule has 1 fully saturated rings. The number of carbonyl (C=O) groups is 1. The van der Waals surface area contributed by atoms with Gasteiger partial charge in [-0.15, -0.1) is 0 Å². The molecule has 1 saturated heterocycles. The zero-order valence-electron chi connectivity index (χ0n) is 14.5. The number of ketones is 1. The second-order valence-corrected chi connectivity index (χ2v) is 7.67. The lowest BCUT2D eigenvalue weighted by molar-refractivity contribution is -0.134. The topological polar surface area (TPSA) is 32.3 Å². The summed E-state index contributed by atoms with van der Waals surface area (Å²) in [4.78, 5) is 15.4. The molecule has 1 N–H and O–H groups in total. The number of likely N-dealkylation sites (N-methyl/N-ethyl adjacent to an activating group) is 1. The highest BCUT2D eigenvalue weighted by atomic mass is 16.1. The smallest absolute Gasteiger partial charge is 0.159 e. The van der Waals surface area contributed by atoms with Crippen LogP contribution in [0.3, 0.4) is 0 Å². The Bertz CT molecular complexity index is 326. The van der Waals surface area contributed by atoms with Gasteiger partial charge in [-0.2, -0.15) is 0 Å². The second kappa shape index (κ2) is 6.57. The van der Waals surface area contributed by atoms with E-state index in [4.69, 9.17) is 0 Å². The number of nitrogens with one attached hydrogen (secondary N) is 1.